The molecule has 1 unspecified atom stereocenters. The Kier molecular flexibility index (Phi) is 6.36. The van der Waals surface area contributed by atoms with Crippen molar-refractivity contribution >= 4 is 5.91 Å². The fourth-order valence-electron chi connectivity index (χ4n) is 1.89. The van der Waals surface area contributed by atoms with Gasteiger partial charge in [0.25, 0.3) is 0 Å². The van der Waals surface area contributed by atoms with E-state index in [0.29, 0.717) is 19.6 Å². The van der Waals surface area contributed by atoms with E-state index in [1.54, 1.807) is 0 Å². The second-order valence-corrected chi connectivity index (χ2v) is 4.64. The zero-order chi connectivity index (χ0) is 14.3. The van der Waals surface area contributed by atoms with E-state index >= 15 is 0 Å². The zero-order valence-corrected chi connectivity index (χ0v) is 12.3. The number of nitrogens with one attached hydrogen (secondary N) is 1. The minimum atomic E-state index is 0.0813. The topological polar surface area (TPSA) is 41.6 Å². The Bertz CT molecular complexity index is 388. The first-order valence-electron chi connectivity index (χ1n) is 6.74. The number of hydrogen-bond acceptors (Lipinski definition) is 3. The smallest absolute Gasteiger partial charge is 0.219 e. The van der Waals surface area contributed by atoms with Crippen molar-refractivity contribution in [3.8, 4) is 5.75 Å². The highest BCUT2D eigenvalue weighted by atomic mass is 16.5. The Morgan fingerprint density at radius 3 is 2.37 bits per heavy atom. The molecular formula is C15H24N2O2. The van der Waals surface area contributed by atoms with Gasteiger partial charge in [0.15, 0.2) is 0 Å². The van der Waals surface area contributed by atoms with Crippen molar-refractivity contribution in [3.05, 3.63) is 29.8 Å². The number of hydrogen-bond donors (Lipinski definition) is 1. The molecule has 19 heavy (non-hydrogen) atoms. The van der Waals surface area contributed by atoms with E-state index in [2.05, 4.69) is 10.2 Å². The standard InChI is InChI=1S/C15H24N2O2/c1-5-15(18)16-11-14(17(3)4)12-7-9-13(10-8-12)19-6-2/h7-10,14H,5-6,11H2,1-4H3,(H,16,18). The summed E-state index contributed by atoms with van der Waals surface area (Å²) in [4.78, 5) is 13.5. The minimum absolute atomic E-state index is 0.0813. The zero-order valence-electron chi connectivity index (χ0n) is 12.3. The highest BCUT2D eigenvalue weighted by Crippen LogP contribution is 2.20. The van der Waals surface area contributed by atoms with Crippen molar-refractivity contribution in [2.75, 3.05) is 27.2 Å². The summed E-state index contributed by atoms with van der Waals surface area (Å²) in [5, 5.41) is 2.94. The van der Waals surface area contributed by atoms with Gasteiger partial charge >= 0.3 is 0 Å². The summed E-state index contributed by atoms with van der Waals surface area (Å²) in [5.74, 6) is 0.958. The van der Waals surface area contributed by atoms with Crippen LogP contribution in [0.1, 0.15) is 31.9 Å². The van der Waals surface area contributed by atoms with E-state index in [-0.39, 0.29) is 11.9 Å². The highest BCUT2D eigenvalue weighted by molar-refractivity contribution is 5.75. The second-order valence-electron chi connectivity index (χ2n) is 4.64. The Labute approximate surface area is 115 Å². The van der Waals surface area contributed by atoms with Gasteiger partial charge in [-0.15, -0.1) is 0 Å². The van der Waals surface area contributed by atoms with E-state index in [9.17, 15) is 4.79 Å². The predicted molar refractivity (Wildman–Crippen MR) is 77.3 cm³/mol. The summed E-state index contributed by atoms with van der Waals surface area (Å²) in [6.45, 7) is 5.12. The lowest BCUT2D eigenvalue weighted by molar-refractivity contribution is -0.121. The van der Waals surface area contributed by atoms with Crippen LogP contribution in [0.4, 0.5) is 0 Å². The lowest BCUT2D eigenvalue weighted by Gasteiger charge is -2.25. The molecule has 4 nitrogen and oxygen atoms in total. The van der Waals surface area contributed by atoms with Gasteiger partial charge in [-0.05, 0) is 38.7 Å². The van der Waals surface area contributed by atoms with Gasteiger partial charge in [-0.2, -0.15) is 0 Å². The Balaban J connectivity index is 2.72. The molecule has 0 aliphatic carbocycles. The molecule has 1 aromatic carbocycles. The lowest BCUT2D eigenvalue weighted by Crippen LogP contribution is -2.34. The first-order chi connectivity index (χ1) is 9.08. The van der Waals surface area contributed by atoms with Gasteiger partial charge in [0.2, 0.25) is 5.91 Å². The fraction of sp³-hybridized carbons (Fsp3) is 0.533. The Hall–Kier alpha value is -1.55. The summed E-state index contributed by atoms with van der Waals surface area (Å²) >= 11 is 0. The number of likely N-dealkylation sites (N-methyl/N-ethyl adjacent to an activating group) is 1. The normalized spacial score (nSPS) is 12.3. The Morgan fingerprint density at radius 1 is 1.26 bits per heavy atom. The molecule has 1 atom stereocenters. The molecule has 0 aliphatic heterocycles. The summed E-state index contributed by atoms with van der Waals surface area (Å²) in [6, 6.07) is 8.21. The maximum Gasteiger partial charge on any atom is 0.219 e. The van der Waals surface area contributed by atoms with Crippen LogP contribution >= 0.6 is 0 Å². The number of rotatable bonds is 7. The van der Waals surface area contributed by atoms with Gasteiger partial charge in [0.05, 0.1) is 12.6 Å². The van der Waals surface area contributed by atoms with E-state index in [4.69, 9.17) is 4.74 Å². The molecule has 1 amide bonds. The number of carbonyl (C=O) groups excluding carboxylic acids is 1. The molecule has 0 bridgehead atoms. The van der Waals surface area contributed by atoms with Gasteiger partial charge in [-0.3, -0.25) is 4.79 Å². The third kappa shape index (κ3) is 4.91. The molecule has 0 radical (unpaired) electrons. The number of nitrogens with zero attached hydrogens (tertiary/aromatic N) is 1. The maximum atomic E-state index is 11.4. The first-order valence-corrected chi connectivity index (χ1v) is 6.74. The molecule has 1 aromatic rings. The minimum Gasteiger partial charge on any atom is -0.494 e. The molecule has 1 rings (SSSR count). The van der Waals surface area contributed by atoms with Crippen LogP contribution in [0.5, 0.6) is 5.75 Å². The summed E-state index contributed by atoms with van der Waals surface area (Å²) < 4.78 is 5.43. The highest BCUT2D eigenvalue weighted by Gasteiger charge is 2.14. The Morgan fingerprint density at radius 2 is 1.89 bits per heavy atom. The van der Waals surface area contributed by atoms with Gasteiger partial charge < -0.3 is 15.0 Å². The largest absolute Gasteiger partial charge is 0.494 e. The molecule has 106 valence electrons. The van der Waals surface area contributed by atoms with Gasteiger partial charge in [0.1, 0.15) is 5.75 Å². The SMILES string of the molecule is CCOc1ccc(C(CNC(=O)CC)N(C)C)cc1. The van der Waals surface area contributed by atoms with Crippen molar-refractivity contribution in [1.82, 2.24) is 10.2 Å². The van der Waals surface area contributed by atoms with Crippen LogP contribution in [0.15, 0.2) is 24.3 Å². The molecule has 0 aromatic heterocycles. The third-order valence-electron chi connectivity index (χ3n) is 3.01. The molecule has 0 saturated carbocycles. The third-order valence-corrected chi connectivity index (χ3v) is 3.01. The maximum absolute atomic E-state index is 11.4. The average Bonchev–Trinajstić information content (AvgIpc) is 2.40. The molecule has 0 heterocycles. The van der Waals surface area contributed by atoms with Gasteiger partial charge in [-0.25, -0.2) is 0 Å². The first kappa shape index (κ1) is 15.5. The van der Waals surface area contributed by atoms with Crippen molar-refractivity contribution in [1.29, 1.82) is 0 Å². The molecule has 0 fully saturated rings. The van der Waals surface area contributed by atoms with Crippen LogP contribution in [-0.2, 0) is 4.79 Å². The molecule has 0 saturated heterocycles. The second kappa shape index (κ2) is 7.79. The molecule has 1 N–H and O–H groups in total. The summed E-state index contributed by atoms with van der Waals surface area (Å²) in [7, 11) is 4.03. The fourth-order valence-corrected chi connectivity index (χ4v) is 1.89. The van der Waals surface area contributed by atoms with E-state index in [0.717, 1.165) is 5.75 Å². The molecule has 4 heteroatoms. The van der Waals surface area contributed by atoms with Crippen molar-refractivity contribution in [2.24, 2.45) is 0 Å². The van der Waals surface area contributed by atoms with Crippen molar-refractivity contribution < 1.29 is 9.53 Å². The lowest BCUT2D eigenvalue weighted by atomic mass is 10.1. The van der Waals surface area contributed by atoms with Crippen LogP contribution in [-0.4, -0.2) is 38.1 Å². The van der Waals surface area contributed by atoms with Crippen molar-refractivity contribution in [3.63, 3.8) is 0 Å². The summed E-state index contributed by atoms with van der Waals surface area (Å²) in [6.07, 6.45) is 0.517. The average molecular weight is 264 g/mol. The van der Waals surface area contributed by atoms with Crippen LogP contribution in [0.25, 0.3) is 0 Å². The molecule has 0 spiro atoms. The number of amides is 1. The van der Waals surface area contributed by atoms with Crippen LogP contribution in [0, 0.1) is 0 Å². The van der Waals surface area contributed by atoms with Gasteiger partial charge in [0, 0.05) is 13.0 Å². The predicted octanol–water partition coefficient (Wildman–Crippen LogP) is 2.21. The number of benzene rings is 1. The summed E-state index contributed by atoms with van der Waals surface area (Å²) in [5.41, 5.74) is 1.17. The van der Waals surface area contributed by atoms with Crippen LogP contribution in [0.2, 0.25) is 0 Å². The van der Waals surface area contributed by atoms with E-state index < -0.39 is 0 Å². The molecular weight excluding hydrogens is 240 g/mol. The number of carbonyl (C=O) groups is 1. The van der Waals surface area contributed by atoms with Crippen LogP contribution in [0.3, 0.4) is 0 Å². The monoisotopic (exact) mass is 264 g/mol. The quantitative estimate of drug-likeness (QED) is 0.821. The van der Waals surface area contributed by atoms with E-state index in [1.807, 2.05) is 52.2 Å². The van der Waals surface area contributed by atoms with Crippen molar-refractivity contribution in [2.45, 2.75) is 26.3 Å². The molecule has 0 aliphatic rings. The number of ether oxygens (including phenoxy) is 1. The van der Waals surface area contributed by atoms with Crippen LogP contribution < -0.4 is 10.1 Å². The van der Waals surface area contributed by atoms with E-state index in [1.165, 1.54) is 5.56 Å². The van der Waals surface area contributed by atoms with Gasteiger partial charge in [-0.1, -0.05) is 19.1 Å².